The number of benzene rings is 2. The van der Waals surface area contributed by atoms with Gasteiger partial charge in [-0.1, -0.05) is 35.0 Å². The minimum absolute atomic E-state index is 0.0654. The maximum absolute atomic E-state index is 13.1. The zero-order valence-corrected chi connectivity index (χ0v) is 10.9. The van der Waals surface area contributed by atoms with E-state index >= 15 is 0 Å². The molecule has 0 heterocycles. The second-order valence-corrected chi connectivity index (χ2v) is 5.32. The highest BCUT2D eigenvalue weighted by atomic mass is 35.5. The molecule has 0 atom stereocenters. The third kappa shape index (κ3) is 3.06. The van der Waals surface area contributed by atoms with Gasteiger partial charge in [0.2, 0.25) is 0 Å². The largest absolute Gasteiger partial charge is 0.398 e. The molecule has 2 aromatic rings. The smallest absolute Gasteiger partial charge is 0.143 e. The average molecular weight is 288 g/mol. The molecule has 1 nitrogen and oxygen atoms in total. The van der Waals surface area contributed by atoms with E-state index in [2.05, 4.69) is 0 Å². The van der Waals surface area contributed by atoms with Gasteiger partial charge in [0.15, 0.2) is 0 Å². The van der Waals surface area contributed by atoms with Crippen molar-refractivity contribution in [3.8, 4) is 0 Å². The summed E-state index contributed by atoms with van der Waals surface area (Å²) in [7, 11) is 0. The maximum Gasteiger partial charge on any atom is 0.143 e. The number of anilines is 1. The monoisotopic (exact) mass is 287 g/mol. The van der Waals surface area contributed by atoms with E-state index in [9.17, 15) is 4.39 Å². The molecule has 2 N–H and O–H groups in total. The lowest BCUT2D eigenvalue weighted by Crippen LogP contribution is -1.90. The number of nitrogen functional groups attached to an aromatic ring is 1. The minimum Gasteiger partial charge on any atom is -0.398 e. The predicted molar refractivity (Wildman–Crippen MR) is 71.4 cm³/mol. The zero-order valence-electron chi connectivity index (χ0n) is 8.58. The van der Waals surface area contributed by atoms with Crippen molar-refractivity contribution in [3.63, 3.8) is 0 Å². The van der Waals surface area contributed by atoms with Gasteiger partial charge < -0.3 is 5.73 Å². The Hall–Kier alpha value is -0.900. The van der Waals surface area contributed by atoms with Crippen LogP contribution in [0.1, 0.15) is 0 Å². The Morgan fingerprint density at radius 2 is 1.71 bits per heavy atom. The van der Waals surface area contributed by atoms with Gasteiger partial charge in [-0.15, -0.1) is 0 Å². The number of hydrogen-bond donors (Lipinski definition) is 1. The van der Waals surface area contributed by atoms with E-state index in [-0.39, 0.29) is 5.02 Å². The highest BCUT2D eigenvalue weighted by Crippen LogP contribution is 2.35. The van der Waals surface area contributed by atoms with Crippen LogP contribution in [0.25, 0.3) is 0 Å². The molecule has 0 aliphatic rings. The molecule has 0 saturated carbocycles. The molecule has 0 fully saturated rings. The summed E-state index contributed by atoms with van der Waals surface area (Å²) in [5.74, 6) is -0.510. The van der Waals surface area contributed by atoms with Crippen molar-refractivity contribution in [1.82, 2.24) is 0 Å². The second kappa shape index (κ2) is 5.17. The van der Waals surface area contributed by atoms with Crippen molar-refractivity contribution in [2.45, 2.75) is 9.79 Å². The molecule has 0 aliphatic heterocycles. The Morgan fingerprint density at radius 3 is 2.35 bits per heavy atom. The summed E-state index contributed by atoms with van der Waals surface area (Å²) < 4.78 is 13.1. The molecule has 0 unspecified atom stereocenters. The number of nitrogens with two attached hydrogens (primary N) is 1. The van der Waals surface area contributed by atoms with Crippen LogP contribution in [0.15, 0.2) is 46.2 Å². The van der Waals surface area contributed by atoms with Crippen LogP contribution in [-0.2, 0) is 0 Å². The molecule has 2 rings (SSSR count). The first-order valence-corrected chi connectivity index (χ1v) is 6.31. The third-order valence-corrected chi connectivity index (χ3v) is 3.72. The van der Waals surface area contributed by atoms with Crippen LogP contribution < -0.4 is 5.73 Å². The molecule has 88 valence electrons. The van der Waals surface area contributed by atoms with E-state index < -0.39 is 5.82 Å². The average Bonchev–Trinajstić information content (AvgIpc) is 2.29. The van der Waals surface area contributed by atoms with Gasteiger partial charge in [-0.3, -0.25) is 0 Å². The van der Waals surface area contributed by atoms with E-state index in [1.807, 2.05) is 12.1 Å². The van der Waals surface area contributed by atoms with Gasteiger partial charge >= 0.3 is 0 Å². The number of halogens is 3. The molecule has 0 amide bonds. The van der Waals surface area contributed by atoms with E-state index in [4.69, 9.17) is 28.9 Å². The fourth-order valence-corrected chi connectivity index (χ4v) is 2.50. The first-order valence-electron chi connectivity index (χ1n) is 4.74. The SMILES string of the molecule is Nc1cc(F)c(Cl)cc1Sc1ccc(Cl)cc1. The summed E-state index contributed by atoms with van der Waals surface area (Å²) in [5, 5.41) is 0.732. The van der Waals surface area contributed by atoms with Gasteiger partial charge in [0.05, 0.1) is 5.02 Å². The van der Waals surface area contributed by atoms with E-state index in [0.29, 0.717) is 10.7 Å². The lowest BCUT2D eigenvalue weighted by Gasteiger charge is -2.06. The van der Waals surface area contributed by atoms with Gasteiger partial charge in [-0.2, -0.15) is 0 Å². The summed E-state index contributed by atoms with van der Waals surface area (Å²) in [4.78, 5) is 1.68. The van der Waals surface area contributed by atoms with Crippen LogP contribution in [0.4, 0.5) is 10.1 Å². The zero-order chi connectivity index (χ0) is 12.4. The molecule has 0 aliphatic carbocycles. The van der Waals surface area contributed by atoms with Crippen molar-refractivity contribution in [2.75, 3.05) is 5.73 Å². The highest BCUT2D eigenvalue weighted by molar-refractivity contribution is 7.99. The molecule has 0 radical (unpaired) electrons. The van der Waals surface area contributed by atoms with Crippen LogP contribution in [0.3, 0.4) is 0 Å². The van der Waals surface area contributed by atoms with Crippen LogP contribution >= 0.6 is 35.0 Å². The summed E-state index contributed by atoms with van der Waals surface area (Å²) in [6, 6.07) is 10.0. The molecular weight excluding hydrogens is 280 g/mol. The first-order chi connectivity index (χ1) is 8.06. The maximum atomic E-state index is 13.1. The van der Waals surface area contributed by atoms with Crippen molar-refractivity contribution in [2.24, 2.45) is 0 Å². The summed E-state index contributed by atoms with van der Waals surface area (Å²) in [6.45, 7) is 0. The third-order valence-electron chi connectivity index (χ3n) is 2.09. The van der Waals surface area contributed by atoms with Crippen molar-refractivity contribution >= 4 is 40.7 Å². The minimum atomic E-state index is -0.510. The lowest BCUT2D eigenvalue weighted by atomic mass is 10.3. The quantitative estimate of drug-likeness (QED) is 0.798. The van der Waals surface area contributed by atoms with Gasteiger partial charge in [-0.05, 0) is 36.4 Å². The standard InChI is InChI=1S/C12H8Cl2FNS/c13-7-1-3-8(4-2-7)17-12-5-9(14)10(15)6-11(12)16/h1-6H,16H2. The van der Waals surface area contributed by atoms with Crippen molar-refractivity contribution in [1.29, 1.82) is 0 Å². The Morgan fingerprint density at radius 1 is 1.06 bits per heavy atom. The summed E-state index contributed by atoms with van der Waals surface area (Å²) in [6.07, 6.45) is 0. The van der Waals surface area contributed by atoms with Crippen molar-refractivity contribution in [3.05, 3.63) is 52.3 Å². The predicted octanol–water partition coefficient (Wildman–Crippen LogP) is 4.87. The second-order valence-electron chi connectivity index (χ2n) is 3.36. The lowest BCUT2D eigenvalue weighted by molar-refractivity contribution is 0.628. The van der Waals surface area contributed by atoms with Gasteiger partial charge in [0.1, 0.15) is 5.82 Å². The molecule has 0 aromatic heterocycles. The molecule has 0 saturated heterocycles. The molecule has 0 bridgehead atoms. The van der Waals surface area contributed by atoms with Crippen LogP contribution in [0, 0.1) is 5.82 Å². The number of rotatable bonds is 2. The molecular formula is C12H8Cl2FNS. The Balaban J connectivity index is 2.30. The van der Waals surface area contributed by atoms with Crippen LogP contribution in [-0.4, -0.2) is 0 Å². The summed E-state index contributed by atoms with van der Waals surface area (Å²) >= 11 is 12.9. The first kappa shape index (κ1) is 12.6. The Bertz CT molecular complexity index is 543. The molecule has 0 spiro atoms. The summed E-state index contributed by atoms with van der Waals surface area (Å²) in [5.41, 5.74) is 6.09. The normalized spacial score (nSPS) is 10.5. The Labute approximate surface area is 113 Å². The fraction of sp³-hybridized carbons (Fsp3) is 0. The highest BCUT2D eigenvalue weighted by Gasteiger charge is 2.07. The van der Waals surface area contributed by atoms with Crippen LogP contribution in [0.5, 0.6) is 0 Å². The number of hydrogen-bond acceptors (Lipinski definition) is 2. The molecule has 2 aromatic carbocycles. The van der Waals surface area contributed by atoms with Gasteiger partial charge in [-0.25, -0.2) is 4.39 Å². The molecule has 17 heavy (non-hydrogen) atoms. The fourth-order valence-electron chi connectivity index (χ4n) is 1.26. The van der Waals surface area contributed by atoms with E-state index in [1.54, 1.807) is 12.1 Å². The van der Waals surface area contributed by atoms with E-state index in [0.717, 1.165) is 9.79 Å². The van der Waals surface area contributed by atoms with Gasteiger partial charge in [0, 0.05) is 20.5 Å². The Kier molecular flexibility index (Phi) is 3.82. The van der Waals surface area contributed by atoms with Crippen LogP contribution in [0.2, 0.25) is 10.0 Å². The molecule has 5 heteroatoms. The van der Waals surface area contributed by atoms with E-state index in [1.165, 1.54) is 23.9 Å². The van der Waals surface area contributed by atoms with Crippen molar-refractivity contribution < 1.29 is 4.39 Å². The van der Waals surface area contributed by atoms with Gasteiger partial charge in [0.25, 0.3) is 0 Å². The topological polar surface area (TPSA) is 26.0 Å².